The number of methoxy groups -OCH3 is 1. The lowest BCUT2D eigenvalue weighted by molar-refractivity contribution is -0.140. The number of thiazole rings is 1. The topological polar surface area (TPSA) is 51.2 Å². The number of carbonyl (C=O) groups excluding carboxylic acids is 1. The van der Waals surface area contributed by atoms with E-state index < -0.39 is 0 Å². The molecule has 2 heterocycles. The first-order valence-electron chi connectivity index (χ1n) is 5.96. The Morgan fingerprint density at radius 1 is 1.42 bits per heavy atom. The molecule has 6 heteroatoms. The number of thiophene rings is 1. The average molecular weight is 296 g/mol. The molecule has 0 atom stereocenters. The molecular formula is C13H16N2O2S2. The number of aromatic nitrogens is 1. The zero-order valence-electron chi connectivity index (χ0n) is 10.9. The van der Waals surface area contributed by atoms with Gasteiger partial charge in [0.05, 0.1) is 19.2 Å². The fraction of sp³-hybridized carbons (Fsp3) is 0.385. The zero-order chi connectivity index (χ0) is 13.7. The number of carbonyl (C=O) groups is 1. The SMILES string of the molecule is COC(=O)CCc1csc(NCc2cscc2C)n1. The van der Waals surface area contributed by atoms with Crippen LogP contribution in [0.3, 0.4) is 0 Å². The van der Waals surface area contributed by atoms with Crippen molar-refractivity contribution < 1.29 is 9.53 Å². The molecule has 0 aromatic carbocycles. The monoisotopic (exact) mass is 296 g/mol. The van der Waals surface area contributed by atoms with Gasteiger partial charge >= 0.3 is 5.97 Å². The van der Waals surface area contributed by atoms with E-state index in [1.807, 2.05) is 5.38 Å². The van der Waals surface area contributed by atoms with Crippen LogP contribution in [0.5, 0.6) is 0 Å². The molecule has 0 saturated heterocycles. The lowest BCUT2D eigenvalue weighted by Crippen LogP contribution is -2.02. The van der Waals surface area contributed by atoms with Gasteiger partial charge in [0.2, 0.25) is 0 Å². The number of ether oxygens (including phenoxy) is 1. The summed E-state index contributed by atoms with van der Waals surface area (Å²) in [7, 11) is 1.40. The Kier molecular flexibility index (Phi) is 4.93. The van der Waals surface area contributed by atoms with Crippen molar-refractivity contribution in [3.8, 4) is 0 Å². The maximum atomic E-state index is 11.0. The van der Waals surface area contributed by atoms with E-state index in [4.69, 9.17) is 0 Å². The van der Waals surface area contributed by atoms with Crippen LogP contribution in [-0.4, -0.2) is 18.1 Å². The Balaban J connectivity index is 1.84. The standard InChI is InChI=1S/C13H16N2O2S2/c1-9-6-18-7-10(9)5-14-13-15-11(8-19-13)3-4-12(16)17-2/h6-8H,3-5H2,1-2H3,(H,14,15). The van der Waals surface area contributed by atoms with E-state index in [1.165, 1.54) is 18.2 Å². The van der Waals surface area contributed by atoms with Crippen LogP contribution >= 0.6 is 22.7 Å². The number of esters is 1. The average Bonchev–Trinajstić information content (AvgIpc) is 3.02. The minimum Gasteiger partial charge on any atom is -0.469 e. The van der Waals surface area contributed by atoms with Crippen molar-refractivity contribution in [3.05, 3.63) is 33.0 Å². The van der Waals surface area contributed by atoms with E-state index in [-0.39, 0.29) is 5.97 Å². The summed E-state index contributed by atoms with van der Waals surface area (Å²) in [6, 6.07) is 0. The summed E-state index contributed by atoms with van der Waals surface area (Å²) >= 11 is 3.28. The van der Waals surface area contributed by atoms with E-state index in [1.54, 1.807) is 22.7 Å². The lowest BCUT2D eigenvalue weighted by atomic mass is 10.2. The number of anilines is 1. The predicted molar refractivity (Wildman–Crippen MR) is 78.8 cm³/mol. The zero-order valence-corrected chi connectivity index (χ0v) is 12.6. The molecule has 0 saturated carbocycles. The molecule has 102 valence electrons. The fourth-order valence-electron chi connectivity index (χ4n) is 1.57. The maximum absolute atomic E-state index is 11.0. The molecule has 0 spiro atoms. The summed E-state index contributed by atoms with van der Waals surface area (Å²) < 4.78 is 4.61. The summed E-state index contributed by atoms with van der Waals surface area (Å²) in [5.41, 5.74) is 3.54. The number of nitrogens with zero attached hydrogens (tertiary/aromatic N) is 1. The third-order valence-corrected chi connectivity index (χ3v) is 4.52. The van der Waals surface area contributed by atoms with E-state index in [2.05, 4.69) is 32.7 Å². The van der Waals surface area contributed by atoms with Gasteiger partial charge in [0, 0.05) is 18.3 Å². The molecule has 19 heavy (non-hydrogen) atoms. The largest absolute Gasteiger partial charge is 0.469 e. The minimum absolute atomic E-state index is 0.198. The second-order valence-electron chi connectivity index (χ2n) is 4.15. The lowest BCUT2D eigenvalue weighted by Gasteiger charge is -2.01. The van der Waals surface area contributed by atoms with Gasteiger partial charge in [-0.05, 0) is 28.8 Å². The second kappa shape index (κ2) is 6.68. The van der Waals surface area contributed by atoms with Crippen LogP contribution in [0.4, 0.5) is 5.13 Å². The van der Waals surface area contributed by atoms with Crippen molar-refractivity contribution >= 4 is 33.8 Å². The molecule has 2 rings (SSSR count). The number of rotatable bonds is 6. The van der Waals surface area contributed by atoms with Gasteiger partial charge in [-0.2, -0.15) is 11.3 Å². The predicted octanol–water partition coefficient (Wildman–Crippen LogP) is 3.23. The Labute approximate surface area is 120 Å². The van der Waals surface area contributed by atoms with Gasteiger partial charge < -0.3 is 10.1 Å². The van der Waals surface area contributed by atoms with Crippen LogP contribution in [0.25, 0.3) is 0 Å². The molecule has 0 fully saturated rings. The van der Waals surface area contributed by atoms with Crippen LogP contribution in [-0.2, 0) is 22.5 Å². The quantitative estimate of drug-likeness (QED) is 0.832. The molecular weight excluding hydrogens is 280 g/mol. The Bertz CT molecular complexity index is 548. The third-order valence-electron chi connectivity index (χ3n) is 2.76. The molecule has 4 nitrogen and oxygen atoms in total. The summed E-state index contributed by atoms with van der Waals surface area (Å²) in [6.07, 6.45) is 1.01. The molecule has 2 aromatic heterocycles. The van der Waals surface area contributed by atoms with E-state index >= 15 is 0 Å². The Hall–Kier alpha value is -1.40. The molecule has 0 aliphatic carbocycles. The van der Waals surface area contributed by atoms with Crippen LogP contribution in [0.15, 0.2) is 16.1 Å². The van der Waals surface area contributed by atoms with Gasteiger partial charge in [-0.1, -0.05) is 0 Å². The van der Waals surface area contributed by atoms with Crippen LogP contribution in [0, 0.1) is 6.92 Å². The number of aryl methyl sites for hydroxylation is 2. The fourth-order valence-corrected chi connectivity index (χ4v) is 3.17. The van der Waals surface area contributed by atoms with Crippen molar-refractivity contribution in [2.24, 2.45) is 0 Å². The highest BCUT2D eigenvalue weighted by atomic mass is 32.1. The van der Waals surface area contributed by atoms with Crippen molar-refractivity contribution in [3.63, 3.8) is 0 Å². The highest BCUT2D eigenvalue weighted by molar-refractivity contribution is 7.13. The van der Waals surface area contributed by atoms with Crippen LogP contribution in [0.2, 0.25) is 0 Å². The molecule has 1 N–H and O–H groups in total. The highest BCUT2D eigenvalue weighted by Gasteiger charge is 2.06. The van der Waals surface area contributed by atoms with Gasteiger partial charge in [-0.25, -0.2) is 4.98 Å². The summed E-state index contributed by atoms with van der Waals surface area (Å²) in [5.74, 6) is -0.198. The summed E-state index contributed by atoms with van der Waals surface area (Å²) in [4.78, 5) is 15.5. The second-order valence-corrected chi connectivity index (χ2v) is 5.76. The molecule has 0 unspecified atom stereocenters. The van der Waals surface area contributed by atoms with Crippen molar-refractivity contribution in [2.75, 3.05) is 12.4 Å². The van der Waals surface area contributed by atoms with Crippen molar-refractivity contribution in [1.29, 1.82) is 0 Å². The first-order chi connectivity index (χ1) is 9.19. The van der Waals surface area contributed by atoms with Crippen LogP contribution in [0.1, 0.15) is 23.2 Å². The highest BCUT2D eigenvalue weighted by Crippen LogP contribution is 2.19. The smallest absolute Gasteiger partial charge is 0.305 e. The first-order valence-corrected chi connectivity index (χ1v) is 7.78. The third kappa shape index (κ3) is 4.04. The Morgan fingerprint density at radius 2 is 2.26 bits per heavy atom. The molecule has 0 radical (unpaired) electrons. The molecule has 0 bridgehead atoms. The van der Waals surface area contributed by atoms with E-state index in [0.29, 0.717) is 12.8 Å². The number of hydrogen-bond acceptors (Lipinski definition) is 6. The van der Waals surface area contributed by atoms with Crippen LogP contribution < -0.4 is 5.32 Å². The van der Waals surface area contributed by atoms with E-state index in [0.717, 1.165) is 17.4 Å². The molecule has 0 amide bonds. The van der Waals surface area contributed by atoms with Crippen molar-refractivity contribution in [2.45, 2.75) is 26.3 Å². The maximum Gasteiger partial charge on any atom is 0.305 e. The number of nitrogens with one attached hydrogen (secondary N) is 1. The summed E-state index contributed by atoms with van der Waals surface area (Å²) in [5, 5.41) is 10.5. The van der Waals surface area contributed by atoms with Crippen molar-refractivity contribution in [1.82, 2.24) is 4.98 Å². The van der Waals surface area contributed by atoms with Gasteiger partial charge in [0.25, 0.3) is 0 Å². The minimum atomic E-state index is -0.198. The first kappa shape index (κ1) is 14.0. The molecule has 0 aliphatic heterocycles. The van der Waals surface area contributed by atoms with Gasteiger partial charge in [-0.3, -0.25) is 4.79 Å². The van der Waals surface area contributed by atoms with Gasteiger partial charge in [0.1, 0.15) is 0 Å². The normalized spacial score (nSPS) is 10.4. The van der Waals surface area contributed by atoms with E-state index in [9.17, 15) is 4.79 Å². The Morgan fingerprint density at radius 3 is 2.95 bits per heavy atom. The number of hydrogen-bond donors (Lipinski definition) is 1. The molecule has 2 aromatic rings. The summed E-state index contributed by atoms with van der Waals surface area (Å²) in [6.45, 7) is 2.90. The van der Waals surface area contributed by atoms with Gasteiger partial charge in [-0.15, -0.1) is 11.3 Å². The van der Waals surface area contributed by atoms with Gasteiger partial charge in [0.15, 0.2) is 5.13 Å². The molecule has 0 aliphatic rings.